The van der Waals surface area contributed by atoms with Gasteiger partial charge in [0.1, 0.15) is 0 Å². The van der Waals surface area contributed by atoms with E-state index in [9.17, 15) is 4.79 Å². The molecule has 0 saturated heterocycles. The molecule has 0 fully saturated rings. The summed E-state index contributed by atoms with van der Waals surface area (Å²) in [5.74, 6) is 0. The minimum Gasteiger partial charge on any atom is -0.306 e. The largest absolute Gasteiger partial charge is 0.329 e. The number of nitrogens with one attached hydrogen (secondary N) is 2. The number of fused-ring (bicyclic) bond motifs is 1. The highest BCUT2D eigenvalue weighted by atomic mass is 79.9. The maximum Gasteiger partial charge on any atom is 0.329 e. The van der Waals surface area contributed by atoms with Crippen molar-refractivity contribution in [3.63, 3.8) is 0 Å². The topological polar surface area (TPSA) is 41.1 Å². The molecule has 1 aromatic rings. The van der Waals surface area contributed by atoms with Gasteiger partial charge >= 0.3 is 6.03 Å². The molecule has 0 aromatic heterocycles. The van der Waals surface area contributed by atoms with Crippen LogP contribution < -0.4 is 10.0 Å². The molecule has 1 heterocycles. The number of amides is 2. The van der Waals surface area contributed by atoms with Gasteiger partial charge in [-0.3, -0.25) is 4.72 Å². The summed E-state index contributed by atoms with van der Waals surface area (Å²) in [4.78, 5) is 12.0. The number of carbonyl (C=O) groups excluding carboxylic acids is 1. The molecule has 0 spiro atoms. The van der Waals surface area contributed by atoms with Gasteiger partial charge in [-0.2, -0.15) is 0 Å². The summed E-state index contributed by atoms with van der Waals surface area (Å²) in [5.41, 5.74) is 0.815. The monoisotopic (exact) mass is 322 g/mol. The van der Waals surface area contributed by atoms with E-state index >= 15 is 0 Å². The number of carbonyl (C=O) groups is 1. The average Bonchev–Trinajstić information content (AvgIpc) is 2.02. The zero-order valence-corrected chi connectivity index (χ0v) is 10.2. The van der Waals surface area contributed by atoms with Crippen LogP contribution in [0.25, 0.3) is 0 Å². The summed E-state index contributed by atoms with van der Waals surface area (Å²) in [5, 5.41) is 2.71. The Balaban J connectivity index is 2.53. The van der Waals surface area contributed by atoms with Crippen molar-refractivity contribution >= 4 is 55.5 Å². The molecule has 1 aliphatic heterocycles. The predicted molar refractivity (Wildman–Crippen MR) is 59.9 cm³/mol. The molecule has 0 radical (unpaired) electrons. The second-order valence-corrected chi connectivity index (χ2v) is 5.01. The van der Waals surface area contributed by atoms with Gasteiger partial charge in [0, 0.05) is 8.95 Å². The van der Waals surface area contributed by atoms with Crippen LogP contribution in [0.15, 0.2) is 26.0 Å². The van der Waals surface area contributed by atoms with Gasteiger partial charge in [0.15, 0.2) is 0 Å². The molecular weight excluding hydrogens is 320 g/mol. The van der Waals surface area contributed by atoms with Gasteiger partial charge in [-0.15, -0.1) is 0 Å². The van der Waals surface area contributed by atoms with Crippen LogP contribution in [0.3, 0.4) is 0 Å². The highest BCUT2D eigenvalue weighted by Gasteiger charge is 2.17. The highest BCUT2D eigenvalue weighted by Crippen LogP contribution is 2.37. The van der Waals surface area contributed by atoms with Gasteiger partial charge in [-0.05, 0) is 40.0 Å². The summed E-state index contributed by atoms with van der Waals surface area (Å²) in [6.07, 6.45) is 0. The average molecular weight is 324 g/mol. The van der Waals surface area contributed by atoms with Crippen molar-refractivity contribution in [2.75, 3.05) is 5.32 Å². The number of hydrogen-bond acceptors (Lipinski definition) is 2. The Hall–Kier alpha value is -0.200. The number of rotatable bonds is 0. The van der Waals surface area contributed by atoms with Gasteiger partial charge in [0.2, 0.25) is 0 Å². The van der Waals surface area contributed by atoms with Crippen LogP contribution in [0.1, 0.15) is 0 Å². The molecule has 3 nitrogen and oxygen atoms in total. The molecule has 2 rings (SSSR count). The first kappa shape index (κ1) is 9.36. The minimum atomic E-state index is -0.192. The molecule has 13 heavy (non-hydrogen) atoms. The van der Waals surface area contributed by atoms with Crippen molar-refractivity contribution in [3.8, 4) is 0 Å². The summed E-state index contributed by atoms with van der Waals surface area (Å²) in [7, 11) is 0. The zero-order valence-electron chi connectivity index (χ0n) is 6.23. The fourth-order valence-corrected chi connectivity index (χ4v) is 3.09. The van der Waals surface area contributed by atoms with E-state index in [0.717, 1.165) is 19.5 Å². The Morgan fingerprint density at radius 1 is 1.31 bits per heavy atom. The van der Waals surface area contributed by atoms with Gasteiger partial charge in [0.25, 0.3) is 0 Å². The van der Waals surface area contributed by atoms with Crippen LogP contribution in [0.4, 0.5) is 10.5 Å². The van der Waals surface area contributed by atoms with Gasteiger partial charge < -0.3 is 5.32 Å². The maximum atomic E-state index is 11.0. The van der Waals surface area contributed by atoms with Crippen molar-refractivity contribution in [2.45, 2.75) is 4.90 Å². The fraction of sp³-hybridized carbons (Fsp3) is 0. The molecule has 6 heteroatoms. The van der Waals surface area contributed by atoms with E-state index in [-0.39, 0.29) is 6.03 Å². The van der Waals surface area contributed by atoms with Gasteiger partial charge in [0.05, 0.1) is 10.6 Å². The van der Waals surface area contributed by atoms with Crippen LogP contribution >= 0.6 is 43.8 Å². The van der Waals surface area contributed by atoms with E-state index in [1.807, 2.05) is 12.1 Å². The zero-order chi connectivity index (χ0) is 9.42. The molecule has 2 amide bonds. The van der Waals surface area contributed by atoms with Crippen molar-refractivity contribution in [1.29, 1.82) is 0 Å². The third-order valence-electron chi connectivity index (χ3n) is 1.50. The van der Waals surface area contributed by atoms with Crippen LogP contribution in [0.2, 0.25) is 0 Å². The van der Waals surface area contributed by atoms with Crippen molar-refractivity contribution in [2.24, 2.45) is 0 Å². The second kappa shape index (κ2) is 3.51. The number of anilines is 1. The number of benzene rings is 1. The quantitative estimate of drug-likeness (QED) is 0.719. The normalized spacial score (nSPS) is 14.5. The van der Waals surface area contributed by atoms with Crippen LogP contribution in [-0.2, 0) is 0 Å². The first-order valence-corrected chi connectivity index (χ1v) is 5.80. The first-order valence-electron chi connectivity index (χ1n) is 3.40. The number of urea groups is 1. The smallest absolute Gasteiger partial charge is 0.306 e. The summed E-state index contributed by atoms with van der Waals surface area (Å²) in [6.45, 7) is 0. The van der Waals surface area contributed by atoms with Crippen molar-refractivity contribution < 1.29 is 4.79 Å². The third-order valence-corrected chi connectivity index (χ3v) is 3.78. The lowest BCUT2D eigenvalue weighted by atomic mass is 10.3. The Morgan fingerprint density at radius 2 is 2.08 bits per heavy atom. The van der Waals surface area contributed by atoms with Crippen LogP contribution in [0, 0.1) is 0 Å². The summed E-state index contributed by atoms with van der Waals surface area (Å²) < 4.78 is 4.50. The molecule has 0 atom stereocenters. The lowest BCUT2D eigenvalue weighted by Gasteiger charge is -2.18. The number of halogens is 2. The summed E-state index contributed by atoms with van der Waals surface area (Å²) in [6, 6.07) is 3.61. The molecule has 0 saturated carbocycles. The first-order chi connectivity index (χ1) is 6.16. The van der Waals surface area contributed by atoms with Crippen LogP contribution in [-0.4, -0.2) is 6.03 Å². The van der Waals surface area contributed by atoms with E-state index in [1.165, 1.54) is 11.9 Å². The molecule has 0 bridgehead atoms. The lowest BCUT2D eigenvalue weighted by molar-refractivity contribution is 0.257. The number of hydrogen-bond donors (Lipinski definition) is 2. The predicted octanol–water partition coefficient (Wildman–Crippen LogP) is 3.35. The van der Waals surface area contributed by atoms with Gasteiger partial charge in [-0.25, -0.2) is 4.79 Å². The Bertz CT molecular complexity index is 383. The Labute approximate surface area is 96.0 Å². The molecule has 2 N–H and O–H groups in total. The molecule has 68 valence electrons. The Kier molecular flexibility index (Phi) is 2.53. The maximum absolute atomic E-state index is 11.0. The third kappa shape index (κ3) is 1.84. The summed E-state index contributed by atoms with van der Waals surface area (Å²) >= 11 is 8.06. The molecule has 1 aromatic carbocycles. The van der Waals surface area contributed by atoms with E-state index in [0.29, 0.717) is 0 Å². The lowest BCUT2D eigenvalue weighted by Crippen LogP contribution is -2.27. The van der Waals surface area contributed by atoms with Crippen molar-refractivity contribution in [1.82, 2.24) is 4.72 Å². The van der Waals surface area contributed by atoms with Crippen LogP contribution in [0.5, 0.6) is 0 Å². The van der Waals surface area contributed by atoms with Crippen molar-refractivity contribution in [3.05, 3.63) is 21.1 Å². The van der Waals surface area contributed by atoms with E-state index in [4.69, 9.17) is 0 Å². The Morgan fingerprint density at radius 3 is 2.85 bits per heavy atom. The van der Waals surface area contributed by atoms with E-state index in [2.05, 4.69) is 41.9 Å². The second-order valence-electron chi connectivity index (χ2n) is 2.42. The van der Waals surface area contributed by atoms with Gasteiger partial charge in [-0.1, -0.05) is 15.9 Å². The highest BCUT2D eigenvalue weighted by molar-refractivity contribution is 9.11. The van der Waals surface area contributed by atoms with E-state index < -0.39 is 0 Å². The molecule has 1 aliphatic rings. The molecule has 0 unspecified atom stereocenters. The SMILES string of the molecule is O=C1NSc2c(Br)cc(Br)cc2N1. The molecular formula is C7H4Br2N2OS. The van der Waals surface area contributed by atoms with E-state index in [1.54, 1.807) is 0 Å². The minimum absolute atomic E-state index is 0.192. The fourth-order valence-electron chi connectivity index (χ4n) is 1.00. The molecule has 0 aliphatic carbocycles. The standard InChI is InChI=1S/C7H4Br2N2OS/c8-3-1-4(9)6-5(2-3)10-7(12)11-13-6/h1-2H,(H2,10,11,12).